The van der Waals surface area contributed by atoms with Crippen LogP contribution in [-0.2, 0) is 16.6 Å². The first kappa shape index (κ1) is 24.0. The zero-order chi connectivity index (χ0) is 23.3. The maximum Gasteiger partial charge on any atom is 0.146 e. The number of ketones is 1. The predicted molar refractivity (Wildman–Crippen MR) is 130 cm³/mol. The minimum atomic E-state index is -0.248. The van der Waals surface area contributed by atoms with Gasteiger partial charge in [0.2, 0.25) is 0 Å². The number of nitrogens with zero attached hydrogens (tertiary/aromatic N) is 3. The molecule has 0 saturated carbocycles. The second kappa shape index (κ2) is 10.3. The van der Waals surface area contributed by atoms with Crippen molar-refractivity contribution in [1.82, 2.24) is 15.0 Å². The predicted octanol–water partition coefficient (Wildman–Crippen LogP) is 6.53. The average Bonchev–Trinajstić information content (AvgIpc) is 3.15. The fraction of sp³-hybridized carbons (Fsp3) is 0.519. The maximum absolute atomic E-state index is 12.5. The van der Waals surface area contributed by atoms with Crippen molar-refractivity contribution in [3.63, 3.8) is 0 Å². The first-order chi connectivity index (χ1) is 15.1. The number of aromatic hydroxyl groups is 1. The lowest BCUT2D eigenvalue weighted by atomic mass is 9.84. The van der Waals surface area contributed by atoms with Crippen LogP contribution in [0.2, 0.25) is 0 Å². The summed E-state index contributed by atoms with van der Waals surface area (Å²) in [5, 5.41) is 20.1. The number of rotatable bonds is 10. The Morgan fingerprint density at radius 1 is 1.00 bits per heavy atom. The number of phenols is 1. The van der Waals surface area contributed by atoms with Gasteiger partial charge in [0.05, 0.1) is 0 Å². The van der Waals surface area contributed by atoms with Gasteiger partial charge in [0.25, 0.3) is 0 Å². The molecule has 1 heterocycles. The molecule has 32 heavy (non-hydrogen) atoms. The van der Waals surface area contributed by atoms with Gasteiger partial charge in [-0.1, -0.05) is 72.1 Å². The molecule has 0 aliphatic carbocycles. The highest BCUT2D eigenvalue weighted by Crippen LogP contribution is 2.36. The van der Waals surface area contributed by atoms with E-state index in [0.29, 0.717) is 30.7 Å². The molecule has 3 rings (SSSR count). The highest BCUT2D eigenvalue weighted by atomic mass is 16.3. The topological polar surface area (TPSA) is 68.0 Å². The molecule has 0 saturated heterocycles. The first-order valence-corrected chi connectivity index (χ1v) is 11.9. The molecule has 172 valence electrons. The summed E-state index contributed by atoms with van der Waals surface area (Å²) in [6, 6.07) is 11.6. The molecule has 0 aliphatic heterocycles. The molecule has 3 aromatic rings. The number of carbonyl (C=O) groups is 1. The fourth-order valence-electron chi connectivity index (χ4n) is 3.97. The summed E-state index contributed by atoms with van der Waals surface area (Å²) in [4.78, 5) is 14.0. The van der Waals surface area contributed by atoms with E-state index in [-0.39, 0.29) is 11.2 Å². The Morgan fingerprint density at radius 3 is 2.25 bits per heavy atom. The SMILES string of the molecule is CC(C)CCCCCC(=O)CCc1cc(-n2nc3ccccc3n2)c(O)c(C(C)(C)C)c1. The number of unbranched alkanes of at least 4 members (excludes halogenated alkanes) is 2. The van der Waals surface area contributed by atoms with Crippen LogP contribution in [0.5, 0.6) is 5.75 Å². The average molecular weight is 436 g/mol. The molecule has 0 unspecified atom stereocenters. The standard InChI is InChI=1S/C27H37N3O2/c1-19(2)11-7-6-8-12-21(31)16-15-20-17-22(27(3,4)5)26(32)25(18-20)30-28-23-13-9-10-14-24(23)29-30/h9-10,13-14,17-19,32H,6-8,11-12,15-16H2,1-5H3. The summed E-state index contributed by atoms with van der Waals surface area (Å²) >= 11 is 0. The number of aromatic nitrogens is 3. The second-order valence-corrected chi connectivity index (χ2v) is 10.3. The van der Waals surface area contributed by atoms with Crippen LogP contribution in [0, 0.1) is 5.92 Å². The Bertz CT molecular complexity index is 1030. The molecule has 2 aromatic carbocycles. The van der Waals surface area contributed by atoms with Crippen LogP contribution >= 0.6 is 0 Å². The van der Waals surface area contributed by atoms with Gasteiger partial charge in [-0.25, -0.2) is 0 Å². The number of benzene rings is 2. The molecule has 1 N–H and O–H groups in total. The third-order valence-electron chi connectivity index (χ3n) is 5.89. The summed E-state index contributed by atoms with van der Waals surface area (Å²) in [6.45, 7) is 10.7. The number of hydrogen-bond donors (Lipinski definition) is 1. The molecule has 0 aliphatic rings. The minimum Gasteiger partial charge on any atom is -0.505 e. The van der Waals surface area contributed by atoms with E-state index in [9.17, 15) is 9.90 Å². The van der Waals surface area contributed by atoms with E-state index >= 15 is 0 Å². The van der Waals surface area contributed by atoms with E-state index in [1.165, 1.54) is 17.6 Å². The van der Waals surface area contributed by atoms with Gasteiger partial charge in [-0.15, -0.1) is 15.0 Å². The van der Waals surface area contributed by atoms with Crippen LogP contribution in [0.3, 0.4) is 0 Å². The lowest BCUT2D eigenvalue weighted by Gasteiger charge is -2.23. The van der Waals surface area contributed by atoms with Crippen molar-refractivity contribution in [2.24, 2.45) is 5.92 Å². The summed E-state index contributed by atoms with van der Waals surface area (Å²) in [6.07, 6.45) is 6.36. The zero-order valence-electron chi connectivity index (χ0n) is 20.2. The van der Waals surface area contributed by atoms with Crippen molar-refractivity contribution in [3.8, 4) is 11.4 Å². The van der Waals surface area contributed by atoms with Gasteiger partial charge < -0.3 is 5.11 Å². The van der Waals surface area contributed by atoms with Crippen LogP contribution in [0.25, 0.3) is 16.7 Å². The van der Waals surface area contributed by atoms with Crippen LogP contribution in [0.4, 0.5) is 0 Å². The first-order valence-electron chi connectivity index (χ1n) is 11.9. The molecule has 0 radical (unpaired) electrons. The van der Waals surface area contributed by atoms with E-state index in [1.54, 1.807) is 0 Å². The maximum atomic E-state index is 12.5. The summed E-state index contributed by atoms with van der Waals surface area (Å²) in [5.41, 5.74) is 3.74. The summed E-state index contributed by atoms with van der Waals surface area (Å²) in [7, 11) is 0. The van der Waals surface area contributed by atoms with E-state index in [4.69, 9.17) is 0 Å². The molecule has 0 spiro atoms. The van der Waals surface area contributed by atoms with E-state index in [1.807, 2.05) is 36.4 Å². The van der Waals surface area contributed by atoms with E-state index in [2.05, 4.69) is 44.8 Å². The normalized spacial score (nSPS) is 12.1. The number of fused-ring (bicyclic) bond motifs is 1. The fourth-order valence-corrected chi connectivity index (χ4v) is 3.97. The molecule has 5 heteroatoms. The highest BCUT2D eigenvalue weighted by molar-refractivity contribution is 5.78. The third-order valence-corrected chi connectivity index (χ3v) is 5.89. The molecule has 0 atom stereocenters. The van der Waals surface area contributed by atoms with Gasteiger partial charge >= 0.3 is 0 Å². The van der Waals surface area contributed by atoms with Crippen molar-refractivity contribution < 1.29 is 9.90 Å². The monoisotopic (exact) mass is 435 g/mol. The van der Waals surface area contributed by atoms with Gasteiger partial charge in [0.1, 0.15) is 28.3 Å². The third kappa shape index (κ3) is 6.18. The smallest absolute Gasteiger partial charge is 0.146 e. The van der Waals surface area contributed by atoms with E-state index < -0.39 is 0 Å². The van der Waals surface area contributed by atoms with Gasteiger partial charge in [-0.2, -0.15) is 0 Å². The zero-order valence-corrected chi connectivity index (χ0v) is 20.2. The Labute approximate surface area is 191 Å². The Kier molecular flexibility index (Phi) is 7.70. The van der Waals surface area contributed by atoms with Gasteiger partial charge in [0, 0.05) is 18.4 Å². The Balaban J connectivity index is 1.76. The Hall–Kier alpha value is -2.69. The molecular weight excluding hydrogens is 398 g/mol. The molecule has 0 amide bonds. The van der Waals surface area contributed by atoms with Crippen LogP contribution < -0.4 is 0 Å². The van der Waals surface area contributed by atoms with Gasteiger partial charge in [0.15, 0.2) is 0 Å². The number of phenolic OH excluding ortho intramolecular Hbond substituents is 1. The largest absolute Gasteiger partial charge is 0.505 e. The highest BCUT2D eigenvalue weighted by Gasteiger charge is 2.23. The lowest BCUT2D eigenvalue weighted by molar-refractivity contribution is -0.119. The molecule has 5 nitrogen and oxygen atoms in total. The number of carbonyl (C=O) groups excluding carboxylic acids is 1. The van der Waals surface area contributed by atoms with Gasteiger partial charge in [-0.3, -0.25) is 4.79 Å². The summed E-state index contributed by atoms with van der Waals surface area (Å²) in [5.74, 6) is 1.23. The quantitative estimate of drug-likeness (QED) is 0.368. The molecule has 0 fully saturated rings. The van der Waals surface area contributed by atoms with Crippen molar-refractivity contribution in [2.45, 2.75) is 85.0 Å². The van der Waals surface area contributed by atoms with Crippen LogP contribution in [0.1, 0.15) is 84.3 Å². The van der Waals surface area contributed by atoms with Crippen molar-refractivity contribution in [2.75, 3.05) is 0 Å². The Morgan fingerprint density at radius 2 is 1.66 bits per heavy atom. The van der Waals surface area contributed by atoms with Crippen LogP contribution in [-0.4, -0.2) is 25.9 Å². The number of hydrogen-bond acceptors (Lipinski definition) is 4. The number of Topliss-reactive ketones (excluding diaryl/α,β-unsaturated/α-hetero) is 1. The molecular formula is C27H37N3O2. The van der Waals surface area contributed by atoms with Gasteiger partial charge in [-0.05, 0) is 47.9 Å². The number of aryl methyl sites for hydroxylation is 1. The van der Waals surface area contributed by atoms with Crippen molar-refractivity contribution >= 4 is 16.8 Å². The van der Waals surface area contributed by atoms with Crippen molar-refractivity contribution in [1.29, 1.82) is 0 Å². The van der Waals surface area contributed by atoms with E-state index in [0.717, 1.165) is 40.9 Å². The second-order valence-electron chi connectivity index (χ2n) is 10.3. The lowest BCUT2D eigenvalue weighted by Crippen LogP contribution is -2.14. The molecule has 0 bridgehead atoms. The van der Waals surface area contributed by atoms with Crippen molar-refractivity contribution in [3.05, 3.63) is 47.5 Å². The summed E-state index contributed by atoms with van der Waals surface area (Å²) < 4.78 is 0. The minimum absolute atomic E-state index is 0.193. The van der Waals surface area contributed by atoms with Crippen LogP contribution in [0.15, 0.2) is 36.4 Å². The molecule has 1 aromatic heterocycles.